The number of benzene rings is 5. The second-order valence-corrected chi connectivity index (χ2v) is 15.1. The minimum atomic E-state index is -0.0264. The molecule has 3 aliphatic rings. The number of nitrogens with zero attached hydrogens (tertiary/aromatic N) is 15. The van der Waals surface area contributed by atoms with Crippen LogP contribution < -0.4 is 4.84 Å². The molecule has 5 aromatic carbocycles. The van der Waals surface area contributed by atoms with Crippen molar-refractivity contribution in [2.45, 2.75) is 13.5 Å². The van der Waals surface area contributed by atoms with Crippen molar-refractivity contribution < 1.29 is 14.5 Å². The molecule has 72 heavy (non-hydrogen) atoms. The largest absolute Gasteiger partial charge is 0.396 e. The Hall–Kier alpha value is -11.3. The maximum Gasteiger partial charge on any atom is 0.177 e. The van der Waals surface area contributed by atoms with Crippen molar-refractivity contribution in [1.82, 2.24) is 29.9 Å². The molecule has 8 aromatic rings. The van der Waals surface area contributed by atoms with Gasteiger partial charge in [-0.15, -0.1) is 0 Å². The molecular formula is C54H29N15O3. The zero-order valence-corrected chi connectivity index (χ0v) is 37.5. The van der Waals surface area contributed by atoms with E-state index in [0.29, 0.717) is 70.3 Å². The van der Waals surface area contributed by atoms with Crippen LogP contribution in [0, 0.1) is 68.0 Å². The van der Waals surface area contributed by atoms with E-state index in [-0.39, 0.29) is 34.2 Å². The SMILES string of the molecule is CCON=C1c2ccccc2-c2nc(C#N)c(C#N)nc21.N#Cc1nc2c(nc1C#N)-c1ccccc1C2=NOCc1ccccc1.N#Cc1nc2c(nc1C#N)-c1ccccc1C2=NOc1ccccc1. The van der Waals surface area contributed by atoms with E-state index in [9.17, 15) is 21.0 Å². The molecule has 0 unspecified atom stereocenters. The summed E-state index contributed by atoms with van der Waals surface area (Å²) in [5, 5.41) is 67.6. The molecule has 18 heteroatoms. The number of hydrogen-bond donors (Lipinski definition) is 0. The van der Waals surface area contributed by atoms with Gasteiger partial charge in [0.2, 0.25) is 0 Å². The van der Waals surface area contributed by atoms with E-state index in [1.54, 1.807) is 12.1 Å². The van der Waals surface area contributed by atoms with Crippen molar-refractivity contribution >= 4 is 17.1 Å². The third-order valence-electron chi connectivity index (χ3n) is 10.8. The minimum Gasteiger partial charge on any atom is -0.396 e. The van der Waals surface area contributed by atoms with Crippen LogP contribution >= 0.6 is 0 Å². The first-order valence-electron chi connectivity index (χ1n) is 21.6. The van der Waals surface area contributed by atoms with E-state index in [1.165, 1.54) is 0 Å². The first-order valence-corrected chi connectivity index (χ1v) is 21.6. The second-order valence-electron chi connectivity index (χ2n) is 15.1. The third kappa shape index (κ3) is 8.83. The summed E-state index contributed by atoms with van der Waals surface area (Å²) >= 11 is 0. The maximum absolute atomic E-state index is 9.23. The van der Waals surface area contributed by atoms with Crippen LogP contribution in [0.5, 0.6) is 5.75 Å². The van der Waals surface area contributed by atoms with Crippen LogP contribution in [-0.2, 0) is 16.3 Å². The molecule has 338 valence electrons. The Morgan fingerprint density at radius 1 is 0.361 bits per heavy atom. The van der Waals surface area contributed by atoms with Crippen molar-refractivity contribution in [2.24, 2.45) is 15.5 Å². The molecule has 11 rings (SSSR count). The number of aromatic nitrogens is 6. The Balaban J connectivity index is 0.000000134. The summed E-state index contributed by atoms with van der Waals surface area (Å²) in [4.78, 5) is 41.9. The average molecular weight is 936 g/mol. The van der Waals surface area contributed by atoms with Crippen LogP contribution in [0.3, 0.4) is 0 Å². The molecule has 0 saturated carbocycles. The van der Waals surface area contributed by atoms with Crippen molar-refractivity contribution in [2.75, 3.05) is 6.61 Å². The molecule has 0 atom stereocenters. The Morgan fingerprint density at radius 2 is 0.667 bits per heavy atom. The summed E-state index contributed by atoms with van der Waals surface area (Å²) in [6.07, 6.45) is 0. The number of hydrogen-bond acceptors (Lipinski definition) is 18. The van der Waals surface area contributed by atoms with Gasteiger partial charge in [0, 0.05) is 33.4 Å². The number of oxime groups is 3. The Labute approximate surface area is 410 Å². The van der Waals surface area contributed by atoms with Crippen LogP contribution in [0.1, 0.15) is 80.4 Å². The van der Waals surface area contributed by atoms with Gasteiger partial charge < -0.3 is 14.5 Å². The number of para-hydroxylation sites is 1. The summed E-state index contributed by atoms with van der Waals surface area (Å²) in [7, 11) is 0. The summed E-state index contributed by atoms with van der Waals surface area (Å²) in [6.45, 7) is 2.57. The van der Waals surface area contributed by atoms with Crippen LogP contribution in [0.15, 0.2) is 149 Å². The van der Waals surface area contributed by atoms with Gasteiger partial charge in [-0.05, 0) is 24.6 Å². The van der Waals surface area contributed by atoms with Crippen LogP contribution in [0.4, 0.5) is 0 Å². The summed E-state index contributed by atoms with van der Waals surface area (Å²) in [6, 6.07) is 52.8. The first kappa shape index (κ1) is 45.8. The maximum atomic E-state index is 9.23. The quantitative estimate of drug-likeness (QED) is 0.136. The van der Waals surface area contributed by atoms with Gasteiger partial charge in [-0.2, -0.15) is 31.6 Å². The van der Waals surface area contributed by atoms with E-state index in [0.717, 1.165) is 38.9 Å². The Kier molecular flexibility index (Phi) is 13.2. The second kappa shape index (κ2) is 20.7. The summed E-state index contributed by atoms with van der Waals surface area (Å²) in [5.74, 6) is 0.586. The predicted molar refractivity (Wildman–Crippen MR) is 258 cm³/mol. The molecule has 0 N–H and O–H groups in total. The standard InChI is InChI=1S/C20H11N5O.C19H9N5O.C15H9N5O/c21-10-16-17(11-22)24-20-18(23-16)14-8-4-5-9-15(14)19(20)25-26-12-13-6-2-1-3-7-13;20-10-15-16(11-21)23-19-17(22-15)13-8-4-5-9-14(13)18(19)24-25-12-6-2-1-3-7-12;1-2-21-20-14-10-6-4-3-5-9(10)13-15(14)19-12(8-17)11(7-16)18-13/h1-9H,12H2;1-9H;3-6H,2H2,1H3. The zero-order valence-electron chi connectivity index (χ0n) is 37.5. The molecule has 0 amide bonds. The van der Waals surface area contributed by atoms with E-state index >= 15 is 0 Å². The van der Waals surface area contributed by atoms with Gasteiger partial charge in [0.05, 0.1) is 0 Å². The fourth-order valence-electron chi connectivity index (χ4n) is 7.64. The molecule has 0 saturated heterocycles. The highest BCUT2D eigenvalue weighted by Crippen LogP contribution is 2.37. The van der Waals surface area contributed by atoms with Gasteiger partial charge in [-0.25, -0.2) is 29.9 Å². The number of rotatable bonds is 7. The van der Waals surface area contributed by atoms with E-state index in [2.05, 4.69) is 45.4 Å². The normalized spacial score (nSPS) is 12.9. The Bertz CT molecular complexity index is 3830. The monoisotopic (exact) mass is 935 g/mol. The van der Waals surface area contributed by atoms with Gasteiger partial charge in [0.25, 0.3) is 0 Å². The average Bonchev–Trinajstić information content (AvgIpc) is 4.04. The van der Waals surface area contributed by atoms with Gasteiger partial charge in [-0.3, -0.25) is 0 Å². The lowest BCUT2D eigenvalue weighted by molar-refractivity contribution is 0.131. The highest BCUT2D eigenvalue weighted by molar-refractivity contribution is 6.24. The van der Waals surface area contributed by atoms with Crippen LogP contribution in [-0.4, -0.2) is 53.6 Å². The van der Waals surface area contributed by atoms with Crippen LogP contribution in [0.2, 0.25) is 0 Å². The highest BCUT2D eigenvalue weighted by atomic mass is 16.6. The topological polar surface area (TPSA) is 285 Å². The number of fused-ring (bicyclic) bond motifs is 9. The molecule has 3 aromatic heterocycles. The van der Waals surface area contributed by atoms with Gasteiger partial charge in [0.15, 0.2) is 39.9 Å². The molecule has 0 aliphatic heterocycles. The molecule has 0 spiro atoms. The summed E-state index contributed by atoms with van der Waals surface area (Å²) in [5.41, 5.74) is 10.4. The fraction of sp³-hybridized carbons (Fsp3) is 0.0556. The molecule has 3 heterocycles. The fourth-order valence-corrected chi connectivity index (χ4v) is 7.64. The van der Waals surface area contributed by atoms with Crippen LogP contribution in [0.25, 0.3) is 33.8 Å². The Morgan fingerprint density at radius 3 is 1.03 bits per heavy atom. The molecule has 18 nitrogen and oxygen atoms in total. The van der Waals surface area contributed by atoms with E-state index < -0.39 is 0 Å². The third-order valence-corrected chi connectivity index (χ3v) is 10.8. The van der Waals surface area contributed by atoms with E-state index in [1.807, 2.05) is 165 Å². The van der Waals surface area contributed by atoms with E-state index in [4.69, 9.17) is 25.0 Å². The molecule has 0 radical (unpaired) electrons. The summed E-state index contributed by atoms with van der Waals surface area (Å²) < 4.78 is 0. The van der Waals surface area contributed by atoms with Crippen molar-refractivity contribution in [3.8, 4) is 75.9 Å². The van der Waals surface area contributed by atoms with Crippen molar-refractivity contribution in [1.29, 1.82) is 31.6 Å². The number of nitriles is 6. The lowest BCUT2D eigenvalue weighted by Gasteiger charge is -2.03. The first-order chi connectivity index (χ1) is 35.4. The highest BCUT2D eigenvalue weighted by Gasteiger charge is 2.33. The van der Waals surface area contributed by atoms with Crippen molar-refractivity contribution in [3.05, 3.63) is 207 Å². The lowest BCUT2D eigenvalue weighted by atomic mass is 10.1. The van der Waals surface area contributed by atoms with Gasteiger partial charge in [0.1, 0.15) is 101 Å². The predicted octanol–water partition coefficient (Wildman–Crippen LogP) is 8.19. The van der Waals surface area contributed by atoms with Crippen molar-refractivity contribution in [3.63, 3.8) is 0 Å². The smallest absolute Gasteiger partial charge is 0.177 e. The molecule has 0 bridgehead atoms. The zero-order chi connectivity index (χ0) is 50.0. The lowest BCUT2D eigenvalue weighted by Crippen LogP contribution is -2.07. The minimum absolute atomic E-state index is 0.00119. The molecular weight excluding hydrogens is 907 g/mol. The molecule has 3 aliphatic carbocycles. The molecule has 0 fully saturated rings. The van der Waals surface area contributed by atoms with Gasteiger partial charge in [-0.1, -0.05) is 137 Å². The van der Waals surface area contributed by atoms with Gasteiger partial charge >= 0.3 is 0 Å².